The van der Waals surface area contributed by atoms with Crippen molar-refractivity contribution >= 4 is 29.1 Å². The number of nitrogen functional groups attached to an aromatic ring is 1. The fourth-order valence-electron chi connectivity index (χ4n) is 1.62. The van der Waals surface area contributed by atoms with Crippen molar-refractivity contribution in [2.24, 2.45) is 0 Å². The molecular weight excluding hydrogens is 278 g/mol. The first-order chi connectivity index (χ1) is 9.16. The first kappa shape index (κ1) is 14.1. The first-order valence-electron chi connectivity index (χ1n) is 6.03. The predicted octanol–water partition coefficient (Wildman–Crippen LogP) is 4.40. The summed E-state index contributed by atoms with van der Waals surface area (Å²) in [5, 5.41) is 0.717. The van der Waals surface area contributed by atoms with Crippen molar-refractivity contribution in [1.29, 1.82) is 0 Å². The highest BCUT2D eigenvalue weighted by Crippen LogP contribution is 2.27. The Hall–Kier alpha value is -1.32. The summed E-state index contributed by atoms with van der Waals surface area (Å²) in [5.74, 6) is 1.69. The van der Waals surface area contributed by atoms with E-state index in [1.54, 1.807) is 11.8 Å². The molecule has 19 heavy (non-hydrogen) atoms. The highest BCUT2D eigenvalue weighted by molar-refractivity contribution is 7.99. The third kappa shape index (κ3) is 4.08. The third-order valence-electron chi connectivity index (χ3n) is 2.71. The minimum atomic E-state index is 0.639. The Morgan fingerprint density at radius 1 is 1.16 bits per heavy atom. The molecule has 2 aromatic rings. The van der Waals surface area contributed by atoms with Crippen LogP contribution in [0.25, 0.3) is 0 Å². The van der Waals surface area contributed by atoms with Crippen LogP contribution in [0, 0.1) is 6.92 Å². The number of para-hydroxylation sites is 1. The number of hydrogen-bond donors (Lipinski definition) is 1. The van der Waals surface area contributed by atoms with Gasteiger partial charge in [-0.15, -0.1) is 11.8 Å². The van der Waals surface area contributed by atoms with E-state index in [1.807, 2.05) is 49.4 Å². The van der Waals surface area contributed by atoms with Crippen molar-refractivity contribution < 1.29 is 4.74 Å². The van der Waals surface area contributed by atoms with Crippen molar-refractivity contribution in [1.82, 2.24) is 0 Å². The van der Waals surface area contributed by atoms with Crippen LogP contribution >= 0.6 is 23.4 Å². The monoisotopic (exact) mass is 293 g/mol. The second-order valence-corrected chi connectivity index (χ2v) is 5.71. The zero-order valence-electron chi connectivity index (χ0n) is 10.7. The predicted molar refractivity (Wildman–Crippen MR) is 83.3 cm³/mol. The van der Waals surface area contributed by atoms with E-state index in [4.69, 9.17) is 22.1 Å². The van der Waals surface area contributed by atoms with Crippen LogP contribution in [0.4, 0.5) is 5.69 Å². The molecule has 0 atom stereocenters. The number of rotatable bonds is 5. The second kappa shape index (κ2) is 6.73. The topological polar surface area (TPSA) is 35.2 Å². The Morgan fingerprint density at radius 2 is 1.89 bits per heavy atom. The largest absolute Gasteiger partial charge is 0.493 e. The van der Waals surface area contributed by atoms with E-state index in [9.17, 15) is 0 Å². The molecule has 2 N–H and O–H groups in total. The van der Waals surface area contributed by atoms with Gasteiger partial charge < -0.3 is 10.5 Å². The number of nitrogens with two attached hydrogens (primary N) is 1. The molecule has 0 aliphatic heterocycles. The van der Waals surface area contributed by atoms with Gasteiger partial charge in [0, 0.05) is 21.4 Å². The molecule has 100 valence electrons. The average Bonchev–Trinajstić information content (AvgIpc) is 2.41. The summed E-state index contributed by atoms with van der Waals surface area (Å²) in [4.78, 5) is 1.11. The molecule has 0 aromatic heterocycles. The summed E-state index contributed by atoms with van der Waals surface area (Å²) >= 11 is 7.52. The fourth-order valence-corrected chi connectivity index (χ4v) is 2.63. The third-order valence-corrected chi connectivity index (χ3v) is 4.00. The number of halogens is 1. The molecule has 0 unspecified atom stereocenters. The van der Waals surface area contributed by atoms with Crippen LogP contribution in [0.3, 0.4) is 0 Å². The minimum Gasteiger partial charge on any atom is -0.493 e. The molecular formula is C15H16ClNOS. The molecule has 0 spiro atoms. The van der Waals surface area contributed by atoms with Crippen molar-refractivity contribution in [2.45, 2.75) is 11.8 Å². The van der Waals surface area contributed by atoms with Gasteiger partial charge in [-0.2, -0.15) is 0 Å². The molecule has 0 heterocycles. The van der Waals surface area contributed by atoms with Gasteiger partial charge >= 0.3 is 0 Å². The number of benzene rings is 2. The number of anilines is 1. The maximum absolute atomic E-state index is 6.02. The Balaban J connectivity index is 1.81. The van der Waals surface area contributed by atoms with Crippen LogP contribution in [0.15, 0.2) is 47.4 Å². The van der Waals surface area contributed by atoms with Crippen LogP contribution < -0.4 is 10.5 Å². The molecule has 0 bridgehead atoms. The highest BCUT2D eigenvalue weighted by atomic mass is 35.5. The molecule has 2 nitrogen and oxygen atoms in total. The maximum Gasteiger partial charge on any atom is 0.119 e. The van der Waals surface area contributed by atoms with Gasteiger partial charge in [0.2, 0.25) is 0 Å². The first-order valence-corrected chi connectivity index (χ1v) is 7.39. The van der Waals surface area contributed by atoms with E-state index in [1.165, 1.54) is 0 Å². The lowest BCUT2D eigenvalue weighted by atomic mass is 10.2. The lowest BCUT2D eigenvalue weighted by molar-refractivity contribution is 0.344. The summed E-state index contributed by atoms with van der Waals surface area (Å²) in [6.07, 6.45) is 0. The van der Waals surface area contributed by atoms with E-state index in [0.717, 1.165) is 27.6 Å². The molecule has 0 amide bonds. The second-order valence-electron chi connectivity index (χ2n) is 4.14. The van der Waals surface area contributed by atoms with E-state index < -0.39 is 0 Å². The SMILES string of the molecule is Cc1cccc(SCCOc2ccc(Cl)cc2)c1N. The Labute approximate surface area is 122 Å². The molecule has 4 heteroatoms. The Morgan fingerprint density at radius 3 is 2.63 bits per heavy atom. The normalized spacial score (nSPS) is 10.4. The van der Waals surface area contributed by atoms with Gasteiger partial charge in [-0.25, -0.2) is 0 Å². The lowest BCUT2D eigenvalue weighted by Crippen LogP contribution is -2.01. The molecule has 0 saturated carbocycles. The van der Waals surface area contributed by atoms with Gasteiger partial charge in [0.25, 0.3) is 0 Å². The summed E-state index contributed by atoms with van der Waals surface area (Å²) in [7, 11) is 0. The molecule has 2 aromatic carbocycles. The van der Waals surface area contributed by atoms with Crippen molar-refractivity contribution in [3.05, 3.63) is 53.1 Å². The summed E-state index contributed by atoms with van der Waals surface area (Å²) < 4.78 is 5.63. The Bertz CT molecular complexity index is 542. The van der Waals surface area contributed by atoms with E-state index in [0.29, 0.717) is 11.6 Å². The van der Waals surface area contributed by atoms with Crippen molar-refractivity contribution in [3.8, 4) is 5.75 Å². The number of thioether (sulfide) groups is 1. The van der Waals surface area contributed by atoms with Crippen LogP contribution in [0.2, 0.25) is 5.02 Å². The van der Waals surface area contributed by atoms with Gasteiger partial charge in [-0.1, -0.05) is 23.7 Å². The average molecular weight is 294 g/mol. The van der Waals surface area contributed by atoms with Crippen LogP contribution in [-0.2, 0) is 0 Å². The van der Waals surface area contributed by atoms with E-state index in [2.05, 4.69) is 0 Å². The molecule has 0 aliphatic rings. The van der Waals surface area contributed by atoms with E-state index in [-0.39, 0.29) is 0 Å². The van der Waals surface area contributed by atoms with Crippen LogP contribution in [-0.4, -0.2) is 12.4 Å². The fraction of sp³-hybridized carbons (Fsp3) is 0.200. The summed E-state index contributed by atoms with van der Waals surface area (Å²) in [5.41, 5.74) is 7.99. The van der Waals surface area contributed by atoms with E-state index >= 15 is 0 Å². The van der Waals surface area contributed by atoms with Gasteiger partial charge in [-0.05, 0) is 42.8 Å². The zero-order valence-corrected chi connectivity index (χ0v) is 12.3. The summed E-state index contributed by atoms with van der Waals surface area (Å²) in [6, 6.07) is 13.5. The minimum absolute atomic E-state index is 0.639. The molecule has 0 radical (unpaired) electrons. The van der Waals surface area contributed by atoms with Crippen LogP contribution in [0.5, 0.6) is 5.75 Å². The number of ether oxygens (including phenoxy) is 1. The van der Waals surface area contributed by atoms with Gasteiger partial charge in [0.1, 0.15) is 5.75 Å². The number of hydrogen-bond acceptors (Lipinski definition) is 3. The van der Waals surface area contributed by atoms with Crippen molar-refractivity contribution in [2.75, 3.05) is 18.1 Å². The molecule has 0 fully saturated rings. The molecule has 0 aliphatic carbocycles. The highest BCUT2D eigenvalue weighted by Gasteiger charge is 2.02. The molecule has 0 saturated heterocycles. The zero-order chi connectivity index (χ0) is 13.7. The van der Waals surface area contributed by atoms with Gasteiger partial charge in [0.05, 0.1) is 6.61 Å². The van der Waals surface area contributed by atoms with Crippen molar-refractivity contribution in [3.63, 3.8) is 0 Å². The van der Waals surface area contributed by atoms with Crippen LogP contribution in [0.1, 0.15) is 5.56 Å². The Kier molecular flexibility index (Phi) is 5.00. The van der Waals surface area contributed by atoms with Gasteiger partial charge in [0.15, 0.2) is 0 Å². The quantitative estimate of drug-likeness (QED) is 0.504. The summed E-state index contributed by atoms with van der Waals surface area (Å²) in [6.45, 7) is 2.66. The maximum atomic E-state index is 6.02. The molecule has 2 rings (SSSR count). The van der Waals surface area contributed by atoms with Gasteiger partial charge in [-0.3, -0.25) is 0 Å². The standard InChI is InChI=1S/C15H16ClNOS/c1-11-3-2-4-14(15(11)17)19-10-9-18-13-7-5-12(16)6-8-13/h2-8H,9-10,17H2,1H3. The smallest absolute Gasteiger partial charge is 0.119 e. The number of aryl methyl sites for hydroxylation is 1. The lowest BCUT2D eigenvalue weighted by Gasteiger charge is -2.09.